The van der Waals surface area contributed by atoms with Gasteiger partial charge in [0.1, 0.15) is 5.75 Å². The van der Waals surface area contributed by atoms with E-state index < -0.39 is 0 Å². The quantitative estimate of drug-likeness (QED) is 0.432. The molecular weight excluding hydrogens is 212 g/mol. The van der Waals surface area contributed by atoms with Gasteiger partial charge in [0.25, 0.3) is 0 Å². The Balaban J connectivity index is 2.15. The molecule has 0 bridgehead atoms. The first-order valence-electron chi connectivity index (χ1n) is 6.05. The minimum Gasteiger partial charge on any atom is -0.494 e. The number of rotatable bonds is 7. The Morgan fingerprint density at radius 3 is 2.47 bits per heavy atom. The molecule has 0 spiro atoms. The van der Waals surface area contributed by atoms with Crippen molar-refractivity contribution in [2.24, 2.45) is 11.1 Å². The molecule has 0 heterocycles. The SMILES string of the molecule is CC(C)(CCCCOc1ccccc1)C(=N)N. The number of amidine groups is 1. The second-order valence-corrected chi connectivity index (χ2v) is 4.92. The van der Waals surface area contributed by atoms with Gasteiger partial charge in [0.05, 0.1) is 12.4 Å². The van der Waals surface area contributed by atoms with E-state index in [1.54, 1.807) is 0 Å². The zero-order chi connectivity index (χ0) is 12.7. The van der Waals surface area contributed by atoms with Crippen LogP contribution in [0.1, 0.15) is 33.1 Å². The van der Waals surface area contributed by atoms with Crippen LogP contribution in [0, 0.1) is 10.8 Å². The van der Waals surface area contributed by atoms with Gasteiger partial charge in [-0.05, 0) is 31.4 Å². The number of hydrogen-bond acceptors (Lipinski definition) is 2. The van der Waals surface area contributed by atoms with E-state index in [0.717, 1.165) is 31.6 Å². The van der Waals surface area contributed by atoms with Crippen LogP contribution in [0.3, 0.4) is 0 Å². The number of benzene rings is 1. The first-order chi connectivity index (χ1) is 8.02. The van der Waals surface area contributed by atoms with Crippen molar-refractivity contribution in [3.63, 3.8) is 0 Å². The van der Waals surface area contributed by atoms with Crippen LogP contribution in [-0.4, -0.2) is 12.4 Å². The molecular formula is C14H22N2O. The first-order valence-corrected chi connectivity index (χ1v) is 6.05. The maximum Gasteiger partial charge on any atom is 0.119 e. The summed E-state index contributed by atoms with van der Waals surface area (Å²) in [4.78, 5) is 0. The summed E-state index contributed by atoms with van der Waals surface area (Å²) in [6.45, 7) is 4.73. The van der Waals surface area contributed by atoms with Crippen LogP contribution in [0.25, 0.3) is 0 Å². The summed E-state index contributed by atoms with van der Waals surface area (Å²) < 4.78 is 5.60. The maximum absolute atomic E-state index is 7.46. The van der Waals surface area contributed by atoms with E-state index in [1.165, 1.54) is 0 Å². The molecule has 94 valence electrons. The van der Waals surface area contributed by atoms with Gasteiger partial charge in [-0.3, -0.25) is 5.41 Å². The van der Waals surface area contributed by atoms with Gasteiger partial charge in [0.15, 0.2) is 0 Å². The lowest BCUT2D eigenvalue weighted by molar-refractivity contribution is 0.296. The van der Waals surface area contributed by atoms with Crippen molar-refractivity contribution in [2.45, 2.75) is 33.1 Å². The second kappa shape index (κ2) is 6.28. The largest absolute Gasteiger partial charge is 0.494 e. The normalized spacial score (nSPS) is 11.2. The Bertz CT molecular complexity index is 346. The molecule has 0 aliphatic heterocycles. The number of nitrogens with one attached hydrogen (secondary N) is 1. The zero-order valence-electron chi connectivity index (χ0n) is 10.7. The minimum atomic E-state index is -0.188. The minimum absolute atomic E-state index is 0.188. The van der Waals surface area contributed by atoms with Gasteiger partial charge >= 0.3 is 0 Å². The molecule has 0 saturated heterocycles. The van der Waals surface area contributed by atoms with Crippen molar-refractivity contribution in [1.82, 2.24) is 0 Å². The third kappa shape index (κ3) is 4.89. The molecule has 0 radical (unpaired) electrons. The fourth-order valence-electron chi connectivity index (χ4n) is 1.51. The second-order valence-electron chi connectivity index (χ2n) is 4.92. The molecule has 3 N–H and O–H groups in total. The molecule has 0 aliphatic rings. The summed E-state index contributed by atoms with van der Waals surface area (Å²) in [6.07, 6.45) is 2.95. The molecule has 0 atom stereocenters. The van der Waals surface area contributed by atoms with E-state index >= 15 is 0 Å². The van der Waals surface area contributed by atoms with Gasteiger partial charge in [-0.1, -0.05) is 32.0 Å². The molecule has 0 amide bonds. The van der Waals surface area contributed by atoms with E-state index in [2.05, 4.69) is 0 Å². The Kier molecular flexibility index (Phi) is 5.01. The van der Waals surface area contributed by atoms with Crippen molar-refractivity contribution in [3.05, 3.63) is 30.3 Å². The van der Waals surface area contributed by atoms with Crippen LogP contribution < -0.4 is 10.5 Å². The summed E-state index contributed by atoms with van der Waals surface area (Å²) in [7, 11) is 0. The molecule has 3 nitrogen and oxygen atoms in total. The molecule has 3 heteroatoms. The van der Waals surface area contributed by atoms with Gasteiger partial charge in [-0.25, -0.2) is 0 Å². The van der Waals surface area contributed by atoms with Crippen LogP contribution in [0.5, 0.6) is 5.75 Å². The lowest BCUT2D eigenvalue weighted by Crippen LogP contribution is -2.30. The topological polar surface area (TPSA) is 59.1 Å². The smallest absolute Gasteiger partial charge is 0.119 e. The molecule has 0 saturated carbocycles. The van der Waals surface area contributed by atoms with Crippen LogP contribution >= 0.6 is 0 Å². The fourth-order valence-corrected chi connectivity index (χ4v) is 1.51. The molecule has 17 heavy (non-hydrogen) atoms. The highest BCUT2D eigenvalue weighted by Crippen LogP contribution is 2.22. The summed E-state index contributed by atoms with van der Waals surface area (Å²) in [5.74, 6) is 1.18. The lowest BCUT2D eigenvalue weighted by Gasteiger charge is -2.22. The molecule has 0 aliphatic carbocycles. The fraction of sp³-hybridized carbons (Fsp3) is 0.500. The Morgan fingerprint density at radius 1 is 1.24 bits per heavy atom. The van der Waals surface area contributed by atoms with Gasteiger partial charge < -0.3 is 10.5 Å². The molecule has 1 aromatic rings. The number of ether oxygens (including phenoxy) is 1. The third-order valence-electron chi connectivity index (χ3n) is 2.94. The first kappa shape index (κ1) is 13.6. The van der Waals surface area contributed by atoms with Gasteiger partial charge in [-0.2, -0.15) is 0 Å². The maximum atomic E-state index is 7.46. The van der Waals surface area contributed by atoms with Crippen molar-refractivity contribution >= 4 is 5.84 Å². The average molecular weight is 234 g/mol. The van der Waals surface area contributed by atoms with E-state index in [-0.39, 0.29) is 11.3 Å². The van der Waals surface area contributed by atoms with E-state index in [0.29, 0.717) is 0 Å². The number of unbranched alkanes of at least 4 members (excludes halogenated alkanes) is 1. The summed E-state index contributed by atoms with van der Waals surface area (Å²) in [5, 5.41) is 7.46. The van der Waals surface area contributed by atoms with Crippen molar-refractivity contribution < 1.29 is 4.74 Å². The average Bonchev–Trinajstić information content (AvgIpc) is 2.29. The molecule has 1 aromatic carbocycles. The molecule has 0 unspecified atom stereocenters. The molecule has 1 rings (SSSR count). The number of para-hydroxylation sites is 1. The zero-order valence-corrected chi connectivity index (χ0v) is 10.7. The Labute approximate surface area is 103 Å². The highest BCUT2D eigenvalue weighted by molar-refractivity contribution is 5.82. The predicted octanol–water partition coefficient (Wildman–Crippen LogP) is 3.20. The molecule has 0 aromatic heterocycles. The highest BCUT2D eigenvalue weighted by atomic mass is 16.5. The summed E-state index contributed by atoms with van der Waals surface area (Å²) in [6, 6.07) is 9.82. The molecule has 0 fully saturated rings. The Hall–Kier alpha value is -1.51. The van der Waals surface area contributed by atoms with Crippen LogP contribution in [-0.2, 0) is 0 Å². The Morgan fingerprint density at radius 2 is 1.88 bits per heavy atom. The van der Waals surface area contributed by atoms with Crippen molar-refractivity contribution in [3.8, 4) is 5.75 Å². The van der Waals surface area contributed by atoms with Crippen LogP contribution in [0.4, 0.5) is 0 Å². The van der Waals surface area contributed by atoms with E-state index in [1.807, 2.05) is 44.2 Å². The van der Waals surface area contributed by atoms with Gasteiger partial charge in [-0.15, -0.1) is 0 Å². The van der Waals surface area contributed by atoms with Crippen LogP contribution in [0.2, 0.25) is 0 Å². The lowest BCUT2D eigenvalue weighted by atomic mass is 9.86. The summed E-state index contributed by atoms with van der Waals surface area (Å²) >= 11 is 0. The highest BCUT2D eigenvalue weighted by Gasteiger charge is 2.20. The van der Waals surface area contributed by atoms with Gasteiger partial charge in [0.2, 0.25) is 0 Å². The van der Waals surface area contributed by atoms with Crippen LogP contribution in [0.15, 0.2) is 30.3 Å². The third-order valence-corrected chi connectivity index (χ3v) is 2.94. The standard InChI is InChI=1S/C14H22N2O/c1-14(2,13(15)16)10-6-7-11-17-12-8-4-3-5-9-12/h3-5,8-9H,6-7,10-11H2,1-2H3,(H3,15,16). The van der Waals surface area contributed by atoms with E-state index in [4.69, 9.17) is 15.9 Å². The number of hydrogen-bond donors (Lipinski definition) is 2. The summed E-state index contributed by atoms with van der Waals surface area (Å²) in [5.41, 5.74) is 5.34. The number of nitrogens with two attached hydrogens (primary N) is 1. The van der Waals surface area contributed by atoms with Gasteiger partial charge in [0, 0.05) is 5.41 Å². The predicted molar refractivity (Wildman–Crippen MR) is 71.5 cm³/mol. The van der Waals surface area contributed by atoms with E-state index in [9.17, 15) is 0 Å². The monoisotopic (exact) mass is 234 g/mol. The van der Waals surface area contributed by atoms with Crippen molar-refractivity contribution in [1.29, 1.82) is 5.41 Å². The van der Waals surface area contributed by atoms with Crippen molar-refractivity contribution in [2.75, 3.05) is 6.61 Å².